The topological polar surface area (TPSA) is 55.0 Å². The Morgan fingerprint density at radius 2 is 1.72 bits per heavy atom. The van der Waals surface area contributed by atoms with Gasteiger partial charge < -0.3 is 10.6 Å². The molecular formula is C14H18N4. The van der Waals surface area contributed by atoms with Gasteiger partial charge in [-0.05, 0) is 37.1 Å². The molecule has 0 aliphatic rings. The Morgan fingerprint density at radius 3 is 2.28 bits per heavy atom. The molecule has 0 aliphatic heterocycles. The first kappa shape index (κ1) is 12.4. The summed E-state index contributed by atoms with van der Waals surface area (Å²) < 4.78 is 0. The molecule has 4 heteroatoms. The third-order valence-corrected chi connectivity index (χ3v) is 2.77. The molecule has 0 unspecified atom stereocenters. The van der Waals surface area contributed by atoms with Gasteiger partial charge in [0.1, 0.15) is 5.82 Å². The molecule has 0 saturated heterocycles. The fourth-order valence-corrected chi connectivity index (χ4v) is 1.95. The molecule has 1 aromatic heterocycles. The Bertz CT molecular complexity index is 514. The maximum absolute atomic E-state index is 5.52. The van der Waals surface area contributed by atoms with E-state index in [1.807, 2.05) is 7.05 Å². The zero-order chi connectivity index (χ0) is 13.1. The second-order valence-corrected chi connectivity index (χ2v) is 4.63. The molecular weight excluding hydrogens is 224 g/mol. The third-order valence-electron chi connectivity index (χ3n) is 2.77. The maximum atomic E-state index is 5.52. The Hall–Kier alpha value is -2.10. The summed E-state index contributed by atoms with van der Waals surface area (Å²) in [5.74, 6) is 0.452. The normalized spacial score (nSPS) is 10.4. The average molecular weight is 242 g/mol. The highest BCUT2D eigenvalue weighted by Gasteiger charge is 2.04. The molecule has 0 atom stereocenters. The fourth-order valence-electron chi connectivity index (χ4n) is 1.95. The molecule has 0 fully saturated rings. The van der Waals surface area contributed by atoms with E-state index in [0.29, 0.717) is 5.82 Å². The van der Waals surface area contributed by atoms with Gasteiger partial charge in [-0.3, -0.25) is 4.98 Å². The lowest BCUT2D eigenvalue weighted by Gasteiger charge is -2.19. The van der Waals surface area contributed by atoms with Gasteiger partial charge in [0.2, 0.25) is 0 Å². The van der Waals surface area contributed by atoms with Crippen molar-refractivity contribution >= 4 is 11.5 Å². The molecule has 2 aromatic rings. The number of aryl methyl sites for hydroxylation is 2. The molecule has 0 bridgehead atoms. The van der Waals surface area contributed by atoms with Crippen LogP contribution in [0.25, 0.3) is 0 Å². The Balaban J connectivity index is 2.16. The van der Waals surface area contributed by atoms with Crippen LogP contribution in [0.15, 0.2) is 30.6 Å². The van der Waals surface area contributed by atoms with Gasteiger partial charge in [-0.15, -0.1) is 0 Å². The van der Waals surface area contributed by atoms with Crippen molar-refractivity contribution in [1.29, 1.82) is 0 Å². The van der Waals surface area contributed by atoms with Crippen molar-refractivity contribution in [3.05, 3.63) is 47.4 Å². The van der Waals surface area contributed by atoms with E-state index in [0.717, 1.165) is 12.2 Å². The summed E-state index contributed by atoms with van der Waals surface area (Å²) in [7, 11) is 2.05. The number of nitrogens with two attached hydrogens (primary N) is 1. The van der Waals surface area contributed by atoms with Crippen LogP contribution in [0.5, 0.6) is 0 Å². The van der Waals surface area contributed by atoms with Crippen LogP contribution in [0.4, 0.5) is 11.5 Å². The van der Waals surface area contributed by atoms with Crippen molar-refractivity contribution in [3.63, 3.8) is 0 Å². The van der Waals surface area contributed by atoms with Crippen molar-refractivity contribution in [2.24, 2.45) is 0 Å². The Labute approximate surface area is 107 Å². The molecule has 0 spiro atoms. The zero-order valence-electron chi connectivity index (χ0n) is 11.0. The summed E-state index contributed by atoms with van der Waals surface area (Å²) in [5.41, 5.74) is 10.1. The Kier molecular flexibility index (Phi) is 3.46. The van der Waals surface area contributed by atoms with E-state index in [2.05, 4.69) is 46.9 Å². The molecule has 1 heterocycles. The predicted octanol–water partition coefficient (Wildman–Crippen LogP) is 2.31. The number of aromatic nitrogens is 2. The summed E-state index contributed by atoms with van der Waals surface area (Å²) >= 11 is 0. The average Bonchev–Trinajstić information content (AvgIpc) is 2.31. The standard InChI is InChI=1S/C14H18N4/c1-10-4-11(2)6-13(5-10)18(3)9-12-7-17-14(15)8-16-12/h4-8H,9H2,1-3H3,(H2,15,17). The second kappa shape index (κ2) is 5.04. The molecule has 94 valence electrons. The van der Waals surface area contributed by atoms with Crippen LogP contribution in [-0.2, 0) is 6.54 Å². The lowest BCUT2D eigenvalue weighted by atomic mass is 10.1. The first-order valence-corrected chi connectivity index (χ1v) is 5.90. The van der Waals surface area contributed by atoms with Gasteiger partial charge in [0, 0.05) is 12.7 Å². The van der Waals surface area contributed by atoms with Crippen molar-refractivity contribution < 1.29 is 0 Å². The molecule has 2 rings (SSSR count). The van der Waals surface area contributed by atoms with Gasteiger partial charge >= 0.3 is 0 Å². The van der Waals surface area contributed by atoms with Crippen molar-refractivity contribution in [3.8, 4) is 0 Å². The summed E-state index contributed by atoms with van der Waals surface area (Å²) in [6, 6.07) is 6.50. The predicted molar refractivity (Wildman–Crippen MR) is 74.5 cm³/mol. The molecule has 2 N–H and O–H groups in total. The van der Waals surface area contributed by atoms with Crippen LogP contribution in [0, 0.1) is 13.8 Å². The van der Waals surface area contributed by atoms with E-state index in [-0.39, 0.29) is 0 Å². The highest BCUT2D eigenvalue weighted by molar-refractivity contribution is 5.50. The lowest BCUT2D eigenvalue weighted by molar-refractivity contribution is 0.873. The first-order valence-electron chi connectivity index (χ1n) is 5.90. The van der Waals surface area contributed by atoms with E-state index in [4.69, 9.17) is 5.73 Å². The van der Waals surface area contributed by atoms with E-state index >= 15 is 0 Å². The van der Waals surface area contributed by atoms with Crippen molar-refractivity contribution in [2.75, 3.05) is 17.7 Å². The van der Waals surface area contributed by atoms with Crippen LogP contribution in [0.3, 0.4) is 0 Å². The minimum Gasteiger partial charge on any atom is -0.382 e. The second-order valence-electron chi connectivity index (χ2n) is 4.63. The summed E-state index contributed by atoms with van der Waals surface area (Å²) in [5, 5.41) is 0. The monoisotopic (exact) mass is 242 g/mol. The SMILES string of the molecule is Cc1cc(C)cc(N(C)Cc2cnc(N)cn2)c1. The van der Waals surface area contributed by atoms with Gasteiger partial charge in [-0.1, -0.05) is 6.07 Å². The van der Waals surface area contributed by atoms with Crippen molar-refractivity contribution in [2.45, 2.75) is 20.4 Å². The van der Waals surface area contributed by atoms with E-state index in [1.165, 1.54) is 16.8 Å². The van der Waals surface area contributed by atoms with Crippen LogP contribution in [-0.4, -0.2) is 17.0 Å². The zero-order valence-corrected chi connectivity index (χ0v) is 11.0. The molecule has 1 aromatic carbocycles. The molecule has 0 radical (unpaired) electrons. The lowest BCUT2D eigenvalue weighted by Crippen LogP contribution is -2.17. The van der Waals surface area contributed by atoms with E-state index in [9.17, 15) is 0 Å². The summed E-state index contributed by atoms with van der Waals surface area (Å²) in [6.07, 6.45) is 3.30. The smallest absolute Gasteiger partial charge is 0.141 e. The van der Waals surface area contributed by atoms with Gasteiger partial charge in [0.05, 0.1) is 24.6 Å². The molecule has 0 amide bonds. The summed E-state index contributed by atoms with van der Waals surface area (Å²) in [6.45, 7) is 4.93. The first-order chi connectivity index (χ1) is 8.54. The molecule has 0 aliphatic carbocycles. The van der Waals surface area contributed by atoms with Crippen LogP contribution in [0.1, 0.15) is 16.8 Å². The number of anilines is 2. The number of rotatable bonds is 3. The fraction of sp³-hybridized carbons (Fsp3) is 0.286. The van der Waals surface area contributed by atoms with Crippen molar-refractivity contribution in [1.82, 2.24) is 9.97 Å². The van der Waals surface area contributed by atoms with E-state index in [1.54, 1.807) is 12.4 Å². The maximum Gasteiger partial charge on any atom is 0.141 e. The van der Waals surface area contributed by atoms with Gasteiger partial charge in [0.15, 0.2) is 0 Å². The third kappa shape index (κ3) is 2.97. The number of benzene rings is 1. The highest BCUT2D eigenvalue weighted by Crippen LogP contribution is 2.18. The highest BCUT2D eigenvalue weighted by atomic mass is 15.1. The minimum atomic E-state index is 0.452. The number of hydrogen-bond donors (Lipinski definition) is 1. The molecule has 4 nitrogen and oxygen atoms in total. The van der Waals surface area contributed by atoms with Gasteiger partial charge in [-0.25, -0.2) is 4.98 Å². The number of nitrogen functional groups attached to an aromatic ring is 1. The number of hydrogen-bond acceptors (Lipinski definition) is 4. The largest absolute Gasteiger partial charge is 0.382 e. The van der Waals surface area contributed by atoms with Gasteiger partial charge in [0.25, 0.3) is 0 Å². The molecule has 0 saturated carbocycles. The Morgan fingerprint density at radius 1 is 1.06 bits per heavy atom. The minimum absolute atomic E-state index is 0.452. The van der Waals surface area contributed by atoms with Crippen LogP contribution in [0.2, 0.25) is 0 Å². The van der Waals surface area contributed by atoms with E-state index < -0.39 is 0 Å². The van der Waals surface area contributed by atoms with Crippen LogP contribution >= 0.6 is 0 Å². The number of nitrogens with zero attached hydrogens (tertiary/aromatic N) is 3. The van der Waals surface area contributed by atoms with Gasteiger partial charge in [-0.2, -0.15) is 0 Å². The molecule has 18 heavy (non-hydrogen) atoms. The van der Waals surface area contributed by atoms with Crippen LogP contribution < -0.4 is 10.6 Å². The summed E-state index contributed by atoms with van der Waals surface area (Å²) in [4.78, 5) is 10.5. The quantitative estimate of drug-likeness (QED) is 0.897.